The monoisotopic (exact) mass is 944 g/mol. The molecule has 0 bridgehead atoms. The van der Waals surface area contributed by atoms with E-state index in [1.807, 2.05) is 0 Å². The Labute approximate surface area is 387 Å². The molecule has 4 rings (SSSR count). The van der Waals surface area contributed by atoms with Gasteiger partial charge >= 0.3 is 0 Å². The van der Waals surface area contributed by atoms with E-state index in [0.29, 0.717) is 61.9 Å². The van der Waals surface area contributed by atoms with Crippen LogP contribution in [0.3, 0.4) is 0 Å². The molecule has 2 saturated heterocycles. The van der Waals surface area contributed by atoms with Gasteiger partial charge in [-0.3, -0.25) is 19.2 Å². The number of aliphatic hydroxyl groups is 2. The number of ketones is 2. The lowest BCUT2D eigenvalue weighted by molar-refractivity contribution is -0.125. The Morgan fingerprint density at radius 3 is 1.28 bits per heavy atom. The third kappa shape index (κ3) is 13.0. The van der Waals surface area contributed by atoms with Crippen molar-refractivity contribution < 1.29 is 57.2 Å². The second-order valence-electron chi connectivity index (χ2n) is 20.4. The van der Waals surface area contributed by atoms with Gasteiger partial charge in [0.05, 0.1) is 63.9 Å². The molecule has 2 aliphatic rings. The van der Waals surface area contributed by atoms with Gasteiger partial charge < -0.3 is 59.3 Å². The third-order valence-corrected chi connectivity index (χ3v) is 22.9. The van der Waals surface area contributed by atoms with Gasteiger partial charge in [-0.25, -0.2) is 0 Å². The van der Waals surface area contributed by atoms with E-state index in [2.05, 4.69) is 67.7 Å². The number of carbonyl (C=O) groups is 4. The molecule has 2 fully saturated rings. The van der Waals surface area contributed by atoms with Crippen LogP contribution in [-0.2, 0) is 18.4 Å². The summed E-state index contributed by atoms with van der Waals surface area (Å²) >= 11 is 0. The predicted octanol–water partition coefficient (Wildman–Crippen LogP) is 6.32. The minimum absolute atomic E-state index is 0.0398. The van der Waals surface area contributed by atoms with E-state index in [9.17, 15) is 29.4 Å². The molecule has 18 heteroatoms. The summed E-state index contributed by atoms with van der Waals surface area (Å²) in [5.74, 6) is -0.867. The Kier molecular flexibility index (Phi) is 18.1. The van der Waals surface area contributed by atoms with Crippen LogP contribution in [-0.4, -0.2) is 139 Å². The SMILES string of the molecule is COc1cc(C(=O)N2CC(C(=O)CO)CC2CO[Si](C)(C)C(C)(C)C)c(N)cc1OCCCCCOc1cc(N)c(C(=O)N2C[C@H](C(=O)CO)C[C@H]2CO[Si](C)(C)C(C)(C)C)cc1OC. The number of hydrogen-bond donors (Lipinski definition) is 4. The molecule has 65 heavy (non-hydrogen) atoms. The standard InChI is InChI=1S/C47H76N4O12Si2/c1-46(2,3)64(9,10)62-28-32-18-30(38(54)26-52)24-50(32)44(56)34-20-40(58-7)42(22-36(34)48)60-16-14-13-15-17-61-43-23-37(49)35(21-41(43)59-8)45(57)51-25-31(39(55)27-53)19-33(51)29-63-65(11,12)47(4,5)6/h20-23,30-33,52-53H,13-19,24-29,48-49H2,1-12H3/t30-,31?,32+,33?/m1/s1. The van der Waals surface area contributed by atoms with E-state index < -0.39 is 41.7 Å². The topological polar surface area (TPSA) is 223 Å². The number of anilines is 2. The third-order valence-electron chi connectivity index (χ3n) is 13.9. The molecule has 6 N–H and O–H groups in total. The van der Waals surface area contributed by atoms with Crippen molar-refractivity contribution in [1.82, 2.24) is 9.80 Å². The molecule has 2 amide bonds. The zero-order valence-electron chi connectivity index (χ0n) is 40.8. The number of methoxy groups -OCH3 is 2. The first-order chi connectivity index (χ1) is 30.3. The highest BCUT2D eigenvalue weighted by molar-refractivity contribution is 6.74. The summed E-state index contributed by atoms with van der Waals surface area (Å²) in [5, 5.41) is 19.1. The molecular formula is C47H76N4O12Si2. The highest BCUT2D eigenvalue weighted by Gasteiger charge is 2.44. The fourth-order valence-electron chi connectivity index (χ4n) is 7.53. The van der Waals surface area contributed by atoms with Crippen LogP contribution in [0.15, 0.2) is 24.3 Å². The number of benzene rings is 2. The Hall–Kier alpha value is -4.21. The number of unbranched alkanes of at least 4 members (excludes halogenated alkanes) is 2. The van der Waals surface area contributed by atoms with Crippen LogP contribution in [0, 0.1) is 11.8 Å². The van der Waals surface area contributed by atoms with Gasteiger partial charge in [-0.15, -0.1) is 0 Å². The van der Waals surface area contributed by atoms with Crippen LogP contribution in [0.25, 0.3) is 0 Å². The molecule has 2 unspecified atom stereocenters. The number of hydrogen-bond acceptors (Lipinski definition) is 14. The predicted molar refractivity (Wildman–Crippen MR) is 256 cm³/mol. The van der Waals surface area contributed by atoms with Gasteiger partial charge in [0.1, 0.15) is 13.2 Å². The number of carbonyl (C=O) groups excluding carboxylic acids is 4. The summed E-state index contributed by atoms with van der Waals surface area (Å²) in [6.07, 6.45) is 2.86. The van der Waals surface area contributed by atoms with Crippen molar-refractivity contribution in [3.05, 3.63) is 35.4 Å². The van der Waals surface area contributed by atoms with E-state index in [0.717, 1.165) is 6.42 Å². The molecule has 0 saturated carbocycles. The second-order valence-corrected chi connectivity index (χ2v) is 30.0. The van der Waals surface area contributed by atoms with Gasteiger partial charge in [-0.2, -0.15) is 0 Å². The van der Waals surface area contributed by atoms with Gasteiger partial charge in [0.15, 0.2) is 51.2 Å². The molecule has 2 aliphatic heterocycles. The van der Waals surface area contributed by atoms with Crippen LogP contribution in [0.5, 0.6) is 23.0 Å². The molecule has 2 aromatic rings. The van der Waals surface area contributed by atoms with Crippen molar-refractivity contribution in [3.8, 4) is 23.0 Å². The summed E-state index contributed by atoms with van der Waals surface area (Å²) in [6.45, 7) is 21.8. The maximum atomic E-state index is 14.1. The van der Waals surface area contributed by atoms with E-state index in [4.69, 9.17) is 39.3 Å². The number of nitrogen functional groups attached to an aromatic ring is 2. The lowest BCUT2D eigenvalue weighted by Gasteiger charge is -2.38. The molecule has 0 aliphatic carbocycles. The minimum atomic E-state index is -2.15. The molecule has 0 aromatic heterocycles. The molecule has 4 atom stereocenters. The highest BCUT2D eigenvalue weighted by atomic mass is 28.4. The number of amides is 2. The van der Waals surface area contributed by atoms with Crippen LogP contribution in [0.1, 0.15) is 94.4 Å². The molecule has 2 heterocycles. The Bertz CT molecular complexity index is 1860. The number of aliphatic hydroxyl groups excluding tert-OH is 2. The smallest absolute Gasteiger partial charge is 0.256 e. The average Bonchev–Trinajstić information content (AvgIpc) is 3.88. The van der Waals surface area contributed by atoms with Gasteiger partial charge in [0.2, 0.25) is 0 Å². The van der Waals surface area contributed by atoms with E-state index >= 15 is 0 Å². The Morgan fingerprint density at radius 2 is 0.969 bits per heavy atom. The lowest BCUT2D eigenvalue weighted by atomic mass is 10.0. The molecule has 364 valence electrons. The molecule has 0 radical (unpaired) electrons. The summed E-state index contributed by atoms with van der Waals surface area (Å²) in [7, 11) is -1.34. The fourth-order valence-corrected chi connectivity index (χ4v) is 9.62. The lowest BCUT2D eigenvalue weighted by Crippen LogP contribution is -2.46. The van der Waals surface area contributed by atoms with Crippen molar-refractivity contribution in [3.63, 3.8) is 0 Å². The fraction of sp³-hybridized carbons (Fsp3) is 0.660. The zero-order valence-corrected chi connectivity index (χ0v) is 42.8. The summed E-state index contributed by atoms with van der Waals surface area (Å²) in [5.41, 5.74) is 13.8. The first-order valence-electron chi connectivity index (χ1n) is 22.7. The van der Waals surface area contributed by atoms with Gasteiger partial charge in [0.25, 0.3) is 11.8 Å². The van der Waals surface area contributed by atoms with Crippen molar-refractivity contribution >= 4 is 51.4 Å². The number of nitrogens with zero attached hydrogens (tertiary/aromatic N) is 2. The number of rotatable bonds is 22. The zero-order chi connectivity index (χ0) is 48.7. The van der Waals surface area contributed by atoms with Crippen molar-refractivity contribution in [1.29, 1.82) is 0 Å². The summed E-state index contributed by atoms with van der Waals surface area (Å²) in [4.78, 5) is 56.5. The Balaban J connectivity index is 1.34. The first-order valence-corrected chi connectivity index (χ1v) is 28.5. The Morgan fingerprint density at radius 1 is 0.615 bits per heavy atom. The maximum absolute atomic E-state index is 14.1. The first kappa shape index (κ1) is 53.4. The number of ether oxygens (including phenoxy) is 4. The molecule has 0 spiro atoms. The van der Waals surface area contributed by atoms with E-state index in [-0.39, 0.29) is 94.3 Å². The minimum Gasteiger partial charge on any atom is -0.493 e. The molecule has 16 nitrogen and oxygen atoms in total. The van der Waals surface area contributed by atoms with Gasteiger partial charge in [-0.1, -0.05) is 41.5 Å². The molecule has 2 aromatic carbocycles. The number of nitrogens with two attached hydrogens (primary N) is 2. The van der Waals surface area contributed by atoms with E-state index in [1.54, 1.807) is 34.1 Å². The number of likely N-dealkylation sites (tertiary alicyclic amines) is 2. The van der Waals surface area contributed by atoms with Crippen molar-refractivity contribution in [2.75, 3.05) is 78.4 Å². The summed E-state index contributed by atoms with van der Waals surface area (Å²) < 4.78 is 36.3. The highest BCUT2D eigenvalue weighted by Crippen LogP contribution is 2.41. The molecular weight excluding hydrogens is 869 g/mol. The van der Waals surface area contributed by atoms with Gasteiger partial charge in [0, 0.05) is 48.4 Å². The largest absolute Gasteiger partial charge is 0.493 e. The summed E-state index contributed by atoms with van der Waals surface area (Å²) in [6, 6.07) is 5.55. The maximum Gasteiger partial charge on any atom is 0.256 e. The quantitative estimate of drug-likeness (QED) is 0.0576. The second kappa shape index (κ2) is 22.1. The van der Waals surface area contributed by atoms with Crippen LogP contribution in [0.4, 0.5) is 11.4 Å². The van der Waals surface area contributed by atoms with Gasteiger partial charge in [-0.05, 0) is 80.5 Å². The van der Waals surface area contributed by atoms with Crippen LogP contribution >= 0.6 is 0 Å². The van der Waals surface area contributed by atoms with Crippen molar-refractivity contribution in [2.45, 2.75) is 122 Å². The van der Waals surface area contributed by atoms with Crippen LogP contribution in [0.2, 0.25) is 36.3 Å². The normalized spacial score (nSPS) is 19.4. The van der Waals surface area contributed by atoms with E-state index in [1.165, 1.54) is 14.2 Å². The number of Topliss-reactive ketones (excluding diaryl/α,β-unsaturated/α-hetero) is 2. The van der Waals surface area contributed by atoms with Crippen molar-refractivity contribution in [2.24, 2.45) is 11.8 Å². The average molecular weight is 945 g/mol. The van der Waals surface area contributed by atoms with Crippen LogP contribution < -0.4 is 30.4 Å².